The van der Waals surface area contributed by atoms with Crippen LogP contribution in [-0.2, 0) is 0 Å². The smallest absolute Gasteiger partial charge is 0.179 e. The molecule has 2 atom stereocenters. The number of carbonyl (C=O) groups is 1. The molecule has 1 aromatic carbocycles. The highest BCUT2D eigenvalue weighted by molar-refractivity contribution is 5.99. The summed E-state index contributed by atoms with van der Waals surface area (Å²) in [4.78, 5) is 17.3. The summed E-state index contributed by atoms with van der Waals surface area (Å²) in [7, 11) is 0. The standard InChI is InChI=1S/C16H21FN2O/c1-12(16(20)13-4-6-14(17)7-5-13)19-10-9-18-8-2-3-15(18)11-19/h4-7,12,15H,2-3,8-11H2,1H3. The number of piperazine rings is 1. The molecule has 0 spiro atoms. The number of halogens is 1. The van der Waals surface area contributed by atoms with Gasteiger partial charge in [0.05, 0.1) is 6.04 Å². The second-order valence-electron chi connectivity index (χ2n) is 5.87. The van der Waals surface area contributed by atoms with E-state index in [0.29, 0.717) is 11.6 Å². The molecule has 2 heterocycles. The summed E-state index contributed by atoms with van der Waals surface area (Å²) in [6.45, 7) is 6.17. The van der Waals surface area contributed by atoms with Crippen molar-refractivity contribution in [2.75, 3.05) is 26.2 Å². The molecule has 1 aromatic rings. The Morgan fingerprint density at radius 2 is 2.00 bits per heavy atom. The molecule has 0 radical (unpaired) electrons. The minimum absolute atomic E-state index is 0.0939. The first-order chi connectivity index (χ1) is 9.65. The Morgan fingerprint density at radius 1 is 1.25 bits per heavy atom. The van der Waals surface area contributed by atoms with E-state index in [1.165, 1.54) is 31.5 Å². The van der Waals surface area contributed by atoms with Gasteiger partial charge < -0.3 is 0 Å². The van der Waals surface area contributed by atoms with E-state index in [2.05, 4.69) is 9.80 Å². The van der Waals surface area contributed by atoms with Gasteiger partial charge in [-0.1, -0.05) is 0 Å². The first kappa shape index (κ1) is 13.7. The fourth-order valence-corrected chi connectivity index (χ4v) is 3.39. The Kier molecular flexibility index (Phi) is 3.85. The van der Waals surface area contributed by atoms with E-state index in [0.717, 1.165) is 19.6 Å². The molecule has 2 fully saturated rings. The quantitative estimate of drug-likeness (QED) is 0.791. The van der Waals surface area contributed by atoms with Crippen molar-refractivity contribution >= 4 is 5.78 Å². The van der Waals surface area contributed by atoms with Crippen molar-refractivity contribution < 1.29 is 9.18 Å². The van der Waals surface area contributed by atoms with Crippen LogP contribution in [0.25, 0.3) is 0 Å². The normalized spacial score (nSPS) is 25.4. The molecule has 3 nitrogen and oxygen atoms in total. The maximum Gasteiger partial charge on any atom is 0.179 e. The summed E-state index contributed by atoms with van der Waals surface area (Å²) in [6, 6.07) is 6.37. The third kappa shape index (κ3) is 2.63. The van der Waals surface area contributed by atoms with Gasteiger partial charge in [-0.2, -0.15) is 0 Å². The highest BCUT2D eigenvalue weighted by atomic mass is 19.1. The first-order valence-electron chi connectivity index (χ1n) is 7.43. The molecule has 0 bridgehead atoms. The zero-order valence-corrected chi connectivity index (χ0v) is 11.9. The number of ketones is 1. The van der Waals surface area contributed by atoms with Crippen LogP contribution in [0.15, 0.2) is 24.3 Å². The summed E-state index contributed by atoms with van der Waals surface area (Å²) in [5, 5.41) is 0. The topological polar surface area (TPSA) is 23.6 Å². The van der Waals surface area contributed by atoms with E-state index in [4.69, 9.17) is 0 Å². The van der Waals surface area contributed by atoms with Crippen LogP contribution in [0.2, 0.25) is 0 Å². The van der Waals surface area contributed by atoms with Crippen molar-refractivity contribution in [1.29, 1.82) is 0 Å². The van der Waals surface area contributed by atoms with Crippen LogP contribution in [0.4, 0.5) is 4.39 Å². The molecule has 0 N–H and O–H groups in total. The molecule has 20 heavy (non-hydrogen) atoms. The number of benzene rings is 1. The molecule has 3 rings (SSSR count). The van der Waals surface area contributed by atoms with Crippen LogP contribution in [-0.4, -0.2) is 53.8 Å². The van der Waals surface area contributed by atoms with E-state index in [9.17, 15) is 9.18 Å². The summed E-state index contributed by atoms with van der Waals surface area (Å²) in [6.07, 6.45) is 2.52. The number of fused-ring (bicyclic) bond motifs is 1. The third-order valence-electron chi connectivity index (χ3n) is 4.67. The van der Waals surface area contributed by atoms with Gasteiger partial charge in [-0.15, -0.1) is 0 Å². The minimum Gasteiger partial charge on any atom is -0.298 e. The Morgan fingerprint density at radius 3 is 2.75 bits per heavy atom. The van der Waals surface area contributed by atoms with Crippen molar-refractivity contribution in [1.82, 2.24) is 9.80 Å². The van der Waals surface area contributed by atoms with Gasteiger partial charge in [0.2, 0.25) is 0 Å². The van der Waals surface area contributed by atoms with Crippen LogP contribution in [0.5, 0.6) is 0 Å². The number of rotatable bonds is 3. The van der Waals surface area contributed by atoms with Crippen molar-refractivity contribution in [3.63, 3.8) is 0 Å². The molecule has 0 aromatic heterocycles. The minimum atomic E-state index is -0.297. The van der Waals surface area contributed by atoms with Gasteiger partial charge in [-0.25, -0.2) is 4.39 Å². The Bertz CT molecular complexity index is 488. The second-order valence-corrected chi connectivity index (χ2v) is 5.87. The highest BCUT2D eigenvalue weighted by Crippen LogP contribution is 2.23. The Hall–Kier alpha value is -1.26. The molecular weight excluding hydrogens is 255 g/mol. The first-order valence-corrected chi connectivity index (χ1v) is 7.43. The van der Waals surface area contributed by atoms with Gasteiger partial charge >= 0.3 is 0 Å². The van der Waals surface area contributed by atoms with Crippen molar-refractivity contribution in [3.05, 3.63) is 35.6 Å². The van der Waals surface area contributed by atoms with Gasteiger partial charge in [0.25, 0.3) is 0 Å². The lowest BCUT2D eigenvalue weighted by Gasteiger charge is -2.40. The van der Waals surface area contributed by atoms with Gasteiger partial charge in [-0.3, -0.25) is 14.6 Å². The van der Waals surface area contributed by atoms with E-state index < -0.39 is 0 Å². The molecule has 2 aliphatic heterocycles. The molecule has 4 heteroatoms. The van der Waals surface area contributed by atoms with E-state index >= 15 is 0 Å². The molecule has 0 aliphatic carbocycles. The SMILES string of the molecule is CC(C(=O)c1ccc(F)cc1)N1CCN2CCCC2C1. The predicted molar refractivity (Wildman–Crippen MR) is 76.4 cm³/mol. The molecule has 2 unspecified atom stereocenters. The van der Waals surface area contributed by atoms with Gasteiger partial charge in [0.1, 0.15) is 5.82 Å². The van der Waals surface area contributed by atoms with Crippen LogP contribution in [0.1, 0.15) is 30.1 Å². The highest BCUT2D eigenvalue weighted by Gasteiger charge is 2.34. The number of hydrogen-bond donors (Lipinski definition) is 0. The zero-order chi connectivity index (χ0) is 14.1. The molecule has 2 saturated heterocycles. The number of carbonyl (C=O) groups excluding carboxylic acids is 1. The summed E-state index contributed by atoms with van der Waals surface area (Å²) in [5.41, 5.74) is 0.604. The fraction of sp³-hybridized carbons (Fsp3) is 0.562. The van der Waals surface area contributed by atoms with E-state index in [-0.39, 0.29) is 17.6 Å². The van der Waals surface area contributed by atoms with Crippen LogP contribution >= 0.6 is 0 Å². The van der Waals surface area contributed by atoms with E-state index in [1.807, 2.05) is 6.92 Å². The second kappa shape index (κ2) is 5.62. The predicted octanol–water partition coefficient (Wildman–Crippen LogP) is 2.18. The maximum absolute atomic E-state index is 12.9. The van der Waals surface area contributed by atoms with Crippen molar-refractivity contribution in [3.8, 4) is 0 Å². The summed E-state index contributed by atoms with van der Waals surface area (Å²) >= 11 is 0. The maximum atomic E-state index is 12.9. The molecular formula is C16H21FN2O. The van der Waals surface area contributed by atoms with Crippen molar-refractivity contribution in [2.45, 2.75) is 31.8 Å². The number of nitrogens with zero attached hydrogens (tertiary/aromatic N) is 2. The Labute approximate surface area is 119 Å². The van der Waals surface area contributed by atoms with Gasteiger partial charge in [0.15, 0.2) is 5.78 Å². The monoisotopic (exact) mass is 276 g/mol. The van der Waals surface area contributed by atoms with Gasteiger partial charge in [0, 0.05) is 31.2 Å². The molecule has 108 valence electrons. The van der Waals surface area contributed by atoms with Crippen LogP contribution < -0.4 is 0 Å². The summed E-state index contributed by atoms with van der Waals surface area (Å²) < 4.78 is 12.9. The third-order valence-corrected chi connectivity index (χ3v) is 4.67. The lowest BCUT2D eigenvalue weighted by atomic mass is 10.0. The molecule has 0 amide bonds. The average molecular weight is 276 g/mol. The fourth-order valence-electron chi connectivity index (χ4n) is 3.39. The van der Waals surface area contributed by atoms with E-state index in [1.54, 1.807) is 12.1 Å². The zero-order valence-electron chi connectivity index (χ0n) is 11.9. The van der Waals surface area contributed by atoms with Crippen LogP contribution in [0.3, 0.4) is 0 Å². The van der Waals surface area contributed by atoms with Gasteiger partial charge in [-0.05, 0) is 50.6 Å². The number of Topliss-reactive ketones (excluding diaryl/α,β-unsaturated/α-hetero) is 1. The Balaban J connectivity index is 1.67. The molecule has 2 aliphatic rings. The lowest BCUT2D eigenvalue weighted by Crippen LogP contribution is -2.54. The molecule has 0 saturated carbocycles. The lowest BCUT2D eigenvalue weighted by molar-refractivity contribution is 0.0602. The average Bonchev–Trinajstić information content (AvgIpc) is 2.94. The summed E-state index contributed by atoms with van der Waals surface area (Å²) in [5.74, 6) is -0.204. The van der Waals surface area contributed by atoms with Crippen molar-refractivity contribution in [2.24, 2.45) is 0 Å². The number of hydrogen-bond acceptors (Lipinski definition) is 3. The largest absolute Gasteiger partial charge is 0.298 e. The van der Waals surface area contributed by atoms with Crippen LogP contribution in [0, 0.1) is 5.82 Å².